The minimum atomic E-state index is -0.383. The van der Waals surface area contributed by atoms with Gasteiger partial charge in [0.25, 0.3) is 5.56 Å². The highest BCUT2D eigenvalue weighted by atomic mass is 16.5. The Morgan fingerprint density at radius 1 is 1.15 bits per heavy atom. The Morgan fingerprint density at radius 3 is 2.58 bits per heavy atom. The number of ether oxygens (including phenoxy) is 1. The van der Waals surface area contributed by atoms with Gasteiger partial charge in [0.05, 0.1) is 12.2 Å². The first kappa shape index (κ1) is 18.2. The van der Waals surface area contributed by atoms with Gasteiger partial charge in [-0.2, -0.15) is 0 Å². The minimum Gasteiger partial charge on any atom is -0.462 e. The summed E-state index contributed by atoms with van der Waals surface area (Å²) < 4.78 is 7.09. The van der Waals surface area contributed by atoms with Crippen molar-refractivity contribution in [2.24, 2.45) is 11.8 Å². The quantitative estimate of drug-likeness (QED) is 0.835. The van der Waals surface area contributed by atoms with Crippen LogP contribution in [0.1, 0.15) is 41.6 Å². The van der Waals surface area contributed by atoms with E-state index in [2.05, 4.69) is 4.98 Å². The van der Waals surface area contributed by atoms with E-state index in [0.29, 0.717) is 24.3 Å². The lowest BCUT2D eigenvalue weighted by atomic mass is 9.79. The smallest absolute Gasteiger partial charge is 0.338 e. The van der Waals surface area contributed by atoms with E-state index in [9.17, 15) is 14.4 Å². The van der Waals surface area contributed by atoms with Crippen molar-refractivity contribution in [3.05, 3.63) is 68.5 Å². The Morgan fingerprint density at radius 2 is 1.85 bits per heavy atom. The summed E-state index contributed by atoms with van der Waals surface area (Å²) in [6, 6.07) is 8.96. The molecule has 1 heterocycles. The lowest BCUT2D eigenvalue weighted by Gasteiger charge is -2.31. The molecule has 1 aromatic heterocycles. The molecular formula is C20H24N2O4. The predicted molar refractivity (Wildman–Crippen MR) is 98.2 cm³/mol. The number of carbonyl (C=O) groups is 1. The molecule has 1 aliphatic carbocycles. The van der Waals surface area contributed by atoms with E-state index in [1.165, 1.54) is 0 Å². The van der Waals surface area contributed by atoms with E-state index >= 15 is 0 Å². The summed E-state index contributed by atoms with van der Waals surface area (Å²) in [5, 5.41) is 0. The van der Waals surface area contributed by atoms with Gasteiger partial charge in [0.15, 0.2) is 0 Å². The fourth-order valence-corrected chi connectivity index (χ4v) is 3.59. The van der Waals surface area contributed by atoms with Gasteiger partial charge in [-0.15, -0.1) is 0 Å². The number of aromatic amines is 1. The zero-order valence-electron chi connectivity index (χ0n) is 14.9. The summed E-state index contributed by atoms with van der Waals surface area (Å²) in [6.07, 6.45) is 5.78. The molecule has 26 heavy (non-hydrogen) atoms. The molecule has 2 atom stereocenters. The number of H-pyrrole nitrogens is 1. The number of nitrogens with zero attached hydrogens (tertiary/aromatic N) is 1. The zero-order valence-corrected chi connectivity index (χ0v) is 14.9. The highest BCUT2D eigenvalue weighted by Gasteiger charge is 2.27. The monoisotopic (exact) mass is 356 g/mol. The molecule has 1 aliphatic rings. The van der Waals surface area contributed by atoms with Crippen LogP contribution in [0.4, 0.5) is 0 Å². The first-order valence-corrected chi connectivity index (χ1v) is 9.07. The number of nitrogens with one attached hydrogen (secondary N) is 1. The summed E-state index contributed by atoms with van der Waals surface area (Å²) in [5.74, 6) is 0.151. The number of benzene rings is 1. The van der Waals surface area contributed by atoms with Gasteiger partial charge < -0.3 is 9.30 Å². The summed E-state index contributed by atoms with van der Waals surface area (Å²) in [4.78, 5) is 38.1. The van der Waals surface area contributed by atoms with E-state index in [1.807, 2.05) is 18.2 Å². The molecular weight excluding hydrogens is 332 g/mol. The van der Waals surface area contributed by atoms with Gasteiger partial charge in [0, 0.05) is 18.3 Å². The van der Waals surface area contributed by atoms with Crippen LogP contribution in [0.15, 0.2) is 46.1 Å². The molecule has 0 aliphatic heterocycles. The second-order valence-corrected chi connectivity index (χ2v) is 6.99. The summed E-state index contributed by atoms with van der Waals surface area (Å²) >= 11 is 0. The lowest BCUT2D eigenvalue weighted by Crippen LogP contribution is -2.36. The fourth-order valence-electron chi connectivity index (χ4n) is 3.59. The van der Waals surface area contributed by atoms with Crippen LogP contribution >= 0.6 is 0 Å². The maximum atomic E-state index is 12.2. The summed E-state index contributed by atoms with van der Waals surface area (Å²) in [6.45, 7) is 2.58. The van der Waals surface area contributed by atoms with Gasteiger partial charge in [-0.1, -0.05) is 31.0 Å². The molecule has 0 amide bonds. The highest BCUT2D eigenvalue weighted by molar-refractivity contribution is 5.89. The molecule has 0 radical (unpaired) electrons. The van der Waals surface area contributed by atoms with Crippen LogP contribution in [0.25, 0.3) is 0 Å². The minimum absolute atomic E-state index is 0.218. The molecule has 2 aromatic rings. The Balaban J connectivity index is 1.66. The molecule has 6 heteroatoms. The zero-order chi connectivity index (χ0) is 18.5. The third kappa shape index (κ3) is 4.31. The summed E-state index contributed by atoms with van der Waals surface area (Å²) in [7, 11) is 0. The second kappa shape index (κ2) is 8.17. The first-order chi connectivity index (χ1) is 12.5. The van der Waals surface area contributed by atoms with Crippen LogP contribution in [0.2, 0.25) is 0 Å². The molecule has 2 unspecified atom stereocenters. The second-order valence-electron chi connectivity index (χ2n) is 6.99. The van der Waals surface area contributed by atoms with Crippen LogP contribution in [0.5, 0.6) is 0 Å². The Bertz CT molecular complexity index is 869. The average Bonchev–Trinajstić information content (AvgIpc) is 2.66. The molecule has 0 bridgehead atoms. The van der Waals surface area contributed by atoms with Crippen molar-refractivity contribution in [1.29, 1.82) is 0 Å². The molecule has 1 saturated carbocycles. The van der Waals surface area contributed by atoms with Crippen molar-refractivity contribution < 1.29 is 9.53 Å². The number of aryl methyl sites for hydroxylation is 1. The molecule has 3 rings (SSSR count). The van der Waals surface area contributed by atoms with Gasteiger partial charge in [-0.05, 0) is 43.7 Å². The largest absolute Gasteiger partial charge is 0.462 e. The predicted octanol–water partition coefficient (Wildman–Crippen LogP) is 2.51. The molecule has 1 fully saturated rings. The van der Waals surface area contributed by atoms with E-state index in [4.69, 9.17) is 4.74 Å². The Kier molecular flexibility index (Phi) is 5.71. The van der Waals surface area contributed by atoms with E-state index < -0.39 is 0 Å². The van der Waals surface area contributed by atoms with Crippen LogP contribution < -0.4 is 11.2 Å². The van der Waals surface area contributed by atoms with Gasteiger partial charge in [0.2, 0.25) is 0 Å². The van der Waals surface area contributed by atoms with Crippen LogP contribution in [0, 0.1) is 18.8 Å². The number of hydrogen-bond acceptors (Lipinski definition) is 4. The SMILES string of the molecule is Cc1cn(CC2CCCCC2COC(=O)c2ccccc2)c(=O)[nH]c1=O. The standard InChI is InChI=1S/C20H24N2O4/c1-14-11-22(20(25)21-18(14)23)12-16-9-5-6-10-17(16)13-26-19(24)15-7-3-2-4-8-15/h2-4,7-8,11,16-17H,5-6,9-10,12-13H2,1H3,(H,21,23,25). The topological polar surface area (TPSA) is 81.2 Å². The molecule has 1 aromatic carbocycles. The van der Waals surface area contributed by atoms with Crippen molar-refractivity contribution in [2.45, 2.75) is 39.2 Å². The average molecular weight is 356 g/mol. The van der Waals surface area contributed by atoms with Crippen molar-refractivity contribution in [3.63, 3.8) is 0 Å². The number of rotatable bonds is 5. The van der Waals surface area contributed by atoms with Crippen LogP contribution in [-0.4, -0.2) is 22.1 Å². The summed E-state index contributed by atoms with van der Waals surface area (Å²) in [5.41, 5.74) is 0.342. The van der Waals surface area contributed by atoms with Crippen LogP contribution in [-0.2, 0) is 11.3 Å². The molecule has 0 saturated heterocycles. The Labute approximate surface area is 151 Å². The van der Waals surface area contributed by atoms with Gasteiger partial charge in [-0.25, -0.2) is 9.59 Å². The third-order valence-corrected chi connectivity index (χ3v) is 5.12. The molecule has 138 valence electrons. The number of esters is 1. The van der Waals surface area contributed by atoms with E-state index in [0.717, 1.165) is 25.7 Å². The van der Waals surface area contributed by atoms with Gasteiger partial charge >= 0.3 is 11.7 Å². The molecule has 6 nitrogen and oxygen atoms in total. The van der Waals surface area contributed by atoms with E-state index in [-0.39, 0.29) is 29.1 Å². The lowest BCUT2D eigenvalue weighted by molar-refractivity contribution is 0.0325. The number of hydrogen-bond donors (Lipinski definition) is 1. The van der Waals surface area contributed by atoms with E-state index in [1.54, 1.807) is 29.8 Å². The number of aromatic nitrogens is 2. The van der Waals surface area contributed by atoms with Gasteiger partial charge in [0.1, 0.15) is 0 Å². The maximum Gasteiger partial charge on any atom is 0.338 e. The van der Waals surface area contributed by atoms with Crippen molar-refractivity contribution in [1.82, 2.24) is 9.55 Å². The normalized spacial score (nSPS) is 19.9. The van der Waals surface area contributed by atoms with Crippen molar-refractivity contribution >= 4 is 5.97 Å². The van der Waals surface area contributed by atoms with Gasteiger partial charge in [-0.3, -0.25) is 9.78 Å². The fraction of sp³-hybridized carbons (Fsp3) is 0.450. The third-order valence-electron chi connectivity index (χ3n) is 5.12. The first-order valence-electron chi connectivity index (χ1n) is 9.07. The molecule has 0 spiro atoms. The van der Waals surface area contributed by atoms with Crippen molar-refractivity contribution in [2.75, 3.05) is 6.61 Å². The number of carbonyl (C=O) groups excluding carboxylic acids is 1. The van der Waals surface area contributed by atoms with Crippen molar-refractivity contribution in [3.8, 4) is 0 Å². The maximum absolute atomic E-state index is 12.2. The highest BCUT2D eigenvalue weighted by Crippen LogP contribution is 2.31. The molecule has 1 N–H and O–H groups in total. The van der Waals surface area contributed by atoms with Crippen LogP contribution in [0.3, 0.4) is 0 Å². The Hall–Kier alpha value is -2.63.